The molecule has 7 heteroatoms. The van der Waals surface area contributed by atoms with Crippen LogP contribution < -0.4 is 16.0 Å². The molecule has 28 heavy (non-hydrogen) atoms. The molecule has 0 spiro atoms. The molecule has 0 aliphatic carbocycles. The average molecular weight is 380 g/mol. The number of amides is 3. The summed E-state index contributed by atoms with van der Waals surface area (Å²) in [7, 11) is 0. The van der Waals surface area contributed by atoms with Crippen molar-refractivity contribution >= 4 is 34.8 Å². The van der Waals surface area contributed by atoms with E-state index in [-0.39, 0.29) is 24.3 Å². The molecular weight excluding hydrogens is 356 g/mol. The maximum Gasteiger partial charge on any atom is 0.253 e. The third-order valence-electron chi connectivity index (χ3n) is 4.44. The first kappa shape index (κ1) is 19.4. The molecule has 3 rings (SSSR count). The van der Waals surface area contributed by atoms with Gasteiger partial charge in [-0.25, -0.2) is 0 Å². The van der Waals surface area contributed by atoms with Crippen molar-refractivity contribution in [3.05, 3.63) is 54.1 Å². The summed E-state index contributed by atoms with van der Waals surface area (Å²) in [4.78, 5) is 37.5. The van der Waals surface area contributed by atoms with Crippen molar-refractivity contribution in [2.75, 3.05) is 35.6 Å². The Kier molecular flexibility index (Phi) is 6.26. The summed E-state index contributed by atoms with van der Waals surface area (Å²) in [6.45, 7) is 3.13. The van der Waals surface area contributed by atoms with Crippen LogP contribution in [0.5, 0.6) is 0 Å². The van der Waals surface area contributed by atoms with E-state index in [0.717, 1.165) is 31.6 Å². The fraction of sp³-hybridized carbons (Fsp3) is 0.286. The van der Waals surface area contributed by atoms with Gasteiger partial charge >= 0.3 is 0 Å². The van der Waals surface area contributed by atoms with Crippen LogP contribution in [-0.2, 0) is 9.59 Å². The Balaban J connectivity index is 1.52. The van der Waals surface area contributed by atoms with Gasteiger partial charge in [0.05, 0.1) is 6.54 Å². The quantitative estimate of drug-likeness (QED) is 0.719. The molecule has 1 aliphatic heterocycles. The van der Waals surface area contributed by atoms with Gasteiger partial charge in [0.2, 0.25) is 11.8 Å². The van der Waals surface area contributed by atoms with Crippen molar-refractivity contribution in [1.82, 2.24) is 4.90 Å². The Morgan fingerprint density at radius 2 is 1.54 bits per heavy atom. The average Bonchev–Trinajstić information content (AvgIpc) is 3.22. The maximum absolute atomic E-state index is 12.5. The number of anilines is 3. The molecule has 2 aromatic carbocycles. The second-order valence-corrected chi connectivity index (χ2v) is 6.74. The van der Waals surface area contributed by atoms with E-state index in [9.17, 15) is 14.4 Å². The van der Waals surface area contributed by atoms with E-state index in [1.807, 2.05) is 17.0 Å². The number of benzene rings is 2. The highest BCUT2D eigenvalue weighted by Gasteiger charge is 2.19. The van der Waals surface area contributed by atoms with Gasteiger partial charge < -0.3 is 20.9 Å². The first-order valence-electron chi connectivity index (χ1n) is 9.32. The van der Waals surface area contributed by atoms with Gasteiger partial charge in [0, 0.05) is 42.6 Å². The van der Waals surface area contributed by atoms with Crippen LogP contribution in [0.3, 0.4) is 0 Å². The van der Waals surface area contributed by atoms with Crippen molar-refractivity contribution in [2.45, 2.75) is 19.8 Å². The second-order valence-electron chi connectivity index (χ2n) is 6.74. The van der Waals surface area contributed by atoms with Crippen LogP contribution in [0.2, 0.25) is 0 Å². The number of nitrogens with one attached hydrogen (secondary N) is 3. The number of hydrogen-bond donors (Lipinski definition) is 3. The van der Waals surface area contributed by atoms with Crippen LogP contribution in [0.1, 0.15) is 30.1 Å². The highest BCUT2D eigenvalue weighted by molar-refractivity contribution is 5.96. The molecule has 0 unspecified atom stereocenters. The molecule has 0 radical (unpaired) electrons. The van der Waals surface area contributed by atoms with Crippen LogP contribution in [0.15, 0.2) is 48.5 Å². The molecule has 146 valence electrons. The molecule has 0 atom stereocenters. The first-order valence-corrected chi connectivity index (χ1v) is 9.32. The van der Waals surface area contributed by atoms with Crippen molar-refractivity contribution < 1.29 is 14.4 Å². The molecule has 2 aromatic rings. The summed E-state index contributed by atoms with van der Waals surface area (Å²) in [5.74, 6) is -0.320. The predicted molar refractivity (Wildman–Crippen MR) is 109 cm³/mol. The summed E-state index contributed by atoms with van der Waals surface area (Å²) >= 11 is 0. The Bertz CT molecular complexity index is 858. The zero-order valence-electron chi connectivity index (χ0n) is 15.8. The van der Waals surface area contributed by atoms with E-state index >= 15 is 0 Å². The standard InChI is InChI=1S/C21H24N4O3/c1-15(26)23-17-7-9-18(10-8-17)24-20(27)14-22-19-6-4-5-16(13-19)21(28)25-11-2-3-12-25/h4-10,13,22H,2-3,11-12,14H2,1H3,(H,23,26)(H,24,27). The molecule has 1 saturated heterocycles. The zero-order valence-corrected chi connectivity index (χ0v) is 15.8. The summed E-state index contributed by atoms with van der Waals surface area (Å²) in [5, 5.41) is 8.51. The highest BCUT2D eigenvalue weighted by Crippen LogP contribution is 2.17. The van der Waals surface area contributed by atoms with E-state index in [1.54, 1.807) is 36.4 Å². The fourth-order valence-corrected chi connectivity index (χ4v) is 3.09. The monoisotopic (exact) mass is 380 g/mol. The number of hydrogen-bond acceptors (Lipinski definition) is 4. The minimum absolute atomic E-state index is 0.0323. The van der Waals surface area contributed by atoms with Gasteiger partial charge in [-0.05, 0) is 55.3 Å². The van der Waals surface area contributed by atoms with Crippen molar-refractivity contribution in [3.8, 4) is 0 Å². The van der Waals surface area contributed by atoms with E-state index in [4.69, 9.17) is 0 Å². The normalized spacial score (nSPS) is 13.1. The molecule has 7 nitrogen and oxygen atoms in total. The predicted octanol–water partition coefficient (Wildman–Crippen LogP) is 2.93. The zero-order chi connectivity index (χ0) is 19.9. The van der Waals surface area contributed by atoms with Gasteiger partial charge in [-0.15, -0.1) is 0 Å². The topological polar surface area (TPSA) is 90.5 Å². The number of rotatable bonds is 6. The lowest BCUT2D eigenvalue weighted by Crippen LogP contribution is -2.27. The lowest BCUT2D eigenvalue weighted by molar-refractivity contribution is -0.115. The number of nitrogens with zero attached hydrogens (tertiary/aromatic N) is 1. The SMILES string of the molecule is CC(=O)Nc1ccc(NC(=O)CNc2cccc(C(=O)N3CCCC3)c2)cc1. The third kappa shape index (κ3) is 5.33. The summed E-state index contributed by atoms with van der Waals surface area (Å²) in [6, 6.07) is 14.1. The molecule has 3 N–H and O–H groups in total. The van der Waals surface area contributed by atoms with E-state index in [1.165, 1.54) is 6.92 Å². The Hall–Kier alpha value is -3.35. The lowest BCUT2D eigenvalue weighted by Gasteiger charge is -2.16. The van der Waals surface area contributed by atoms with Gasteiger partial charge in [-0.3, -0.25) is 14.4 Å². The Morgan fingerprint density at radius 1 is 0.893 bits per heavy atom. The maximum atomic E-state index is 12.5. The molecule has 3 amide bonds. The Morgan fingerprint density at radius 3 is 2.18 bits per heavy atom. The largest absolute Gasteiger partial charge is 0.376 e. The van der Waals surface area contributed by atoms with Gasteiger partial charge in [-0.1, -0.05) is 6.07 Å². The van der Waals surface area contributed by atoms with Crippen molar-refractivity contribution in [2.24, 2.45) is 0 Å². The summed E-state index contributed by atoms with van der Waals surface area (Å²) in [6.07, 6.45) is 2.10. The molecule has 1 fully saturated rings. The lowest BCUT2D eigenvalue weighted by atomic mass is 10.1. The molecule has 0 aromatic heterocycles. The third-order valence-corrected chi connectivity index (χ3v) is 4.44. The molecular formula is C21H24N4O3. The molecule has 0 saturated carbocycles. The van der Waals surface area contributed by atoms with Crippen LogP contribution in [0.4, 0.5) is 17.1 Å². The second kappa shape index (κ2) is 9.03. The minimum atomic E-state index is -0.205. The van der Waals surface area contributed by atoms with Crippen molar-refractivity contribution in [1.29, 1.82) is 0 Å². The number of carbonyl (C=O) groups excluding carboxylic acids is 3. The number of likely N-dealkylation sites (tertiary alicyclic amines) is 1. The first-order chi connectivity index (χ1) is 13.5. The number of carbonyl (C=O) groups is 3. The summed E-state index contributed by atoms with van der Waals surface area (Å²) in [5.41, 5.74) is 2.66. The molecule has 1 aliphatic rings. The van der Waals surface area contributed by atoms with E-state index < -0.39 is 0 Å². The minimum Gasteiger partial charge on any atom is -0.376 e. The van der Waals surface area contributed by atoms with Gasteiger partial charge in [0.1, 0.15) is 0 Å². The fourth-order valence-electron chi connectivity index (χ4n) is 3.09. The van der Waals surface area contributed by atoms with Crippen molar-refractivity contribution in [3.63, 3.8) is 0 Å². The Labute approximate surface area is 164 Å². The van der Waals surface area contributed by atoms with Crippen LogP contribution in [-0.4, -0.2) is 42.3 Å². The smallest absolute Gasteiger partial charge is 0.253 e. The van der Waals surface area contributed by atoms with Crippen LogP contribution in [0, 0.1) is 0 Å². The highest BCUT2D eigenvalue weighted by atomic mass is 16.2. The van der Waals surface area contributed by atoms with Gasteiger partial charge in [0.15, 0.2) is 0 Å². The van der Waals surface area contributed by atoms with E-state index in [0.29, 0.717) is 16.9 Å². The van der Waals surface area contributed by atoms with Crippen LogP contribution >= 0.6 is 0 Å². The summed E-state index contributed by atoms with van der Waals surface area (Å²) < 4.78 is 0. The van der Waals surface area contributed by atoms with E-state index in [2.05, 4.69) is 16.0 Å². The van der Waals surface area contributed by atoms with Gasteiger partial charge in [-0.2, -0.15) is 0 Å². The molecule has 0 bridgehead atoms. The molecule has 1 heterocycles. The van der Waals surface area contributed by atoms with Gasteiger partial charge in [0.25, 0.3) is 5.91 Å². The van der Waals surface area contributed by atoms with Crippen LogP contribution in [0.25, 0.3) is 0 Å².